The molecule has 1 saturated carbocycles. The Labute approximate surface area is 207 Å². The standard InChI is InChI=1S/C27H29F3N4O2/c28-20-14-22(30)21(29)13-18(20)12-19-15-31-10-11-33(19)27(36)25-26(17-6-2-1-3-7-17)34(16-32-25)23-8-4-5-9-24(23)35/h1-3,6-7,13-14,16,19,23-24,31,35H,4-5,8-12,15H2/t19-,23+,24-/m1/s1. The third-order valence-electron chi connectivity index (χ3n) is 7.25. The number of rotatable bonds is 5. The molecule has 0 unspecified atom stereocenters. The second kappa shape index (κ2) is 10.4. The molecule has 2 N–H and O–H groups in total. The maximum absolute atomic E-state index is 14.4. The first kappa shape index (κ1) is 24.5. The number of halogens is 3. The Morgan fingerprint density at radius 1 is 1.06 bits per heavy atom. The molecule has 0 bridgehead atoms. The van der Waals surface area contributed by atoms with E-state index in [2.05, 4.69) is 10.3 Å². The van der Waals surface area contributed by atoms with E-state index in [-0.39, 0.29) is 29.6 Å². The molecule has 190 valence electrons. The quantitative estimate of drug-likeness (QED) is 0.520. The Bertz CT molecular complexity index is 1230. The average molecular weight is 499 g/mol. The molecule has 1 saturated heterocycles. The van der Waals surface area contributed by atoms with E-state index < -0.39 is 29.6 Å². The van der Waals surface area contributed by atoms with Crippen LogP contribution < -0.4 is 5.32 Å². The summed E-state index contributed by atoms with van der Waals surface area (Å²) in [5.41, 5.74) is 1.73. The number of hydrogen-bond donors (Lipinski definition) is 2. The molecule has 1 amide bonds. The van der Waals surface area contributed by atoms with E-state index >= 15 is 0 Å². The highest BCUT2D eigenvalue weighted by atomic mass is 19.2. The predicted octanol–water partition coefficient (Wildman–Crippen LogP) is 4.10. The SMILES string of the molecule is O=C(c1ncn([C@H]2CCCC[C@H]2O)c1-c1ccccc1)N1CCNC[C@H]1Cc1cc(F)c(F)cc1F. The largest absolute Gasteiger partial charge is 0.391 e. The van der Waals surface area contributed by atoms with Crippen molar-refractivity contribution in [3.63, 3.8) is 0 Å². The number of carbonyl (C=O) groups excluding carboxylic acids is 1. The minimum atomic E-state index is -1.24. The van der Waals surface area contributed by atoms with Crippen molar-refractivity contribution < 1.29 is 23.1 Å². The van der Waals surface area contributed by atoms with E-state index in [0.717, 1.165) is 30.9 Å². The fourth-order valence-corrected chi connectivity index (χ4v) is 5.39. The first-order valence-electron chi connectivity index (χ1n) is 12.4. The van der Waals surface area contributed by atoms with E-state index in [1.807, 2.05) is 34.9 Å². The van der Waals surface area contributed by atoms with E-state index in [0.29, 0.717) is 37.8 Å². The number of aliphatic hydroxyl groups is 1. The molecule has 2 heterocycles. The van der Waals surface area contributed by atoms with Crippen LogP contribution >= 0.6 is 0 Å². The molecule has 6 nitrogen and oxygen atoms in total. The van der Waals surface area contributed by atoms with Crippen molar-refractivity contribution in [2.45, 2.75) is 50.3 Å². The number of piperazine rings is 1. The summed E-state index contributed by atoms with van der Waals surface area (Å²) in [4.78, 5) is 20.1. The second-order valence-corrected chi connectivity index (χ2v) is 9.55. The zero-order valence-corrected chi connectivity index (χ0v) is 19.8. The summed E-state index contributed by atoms with van der Waals surface area (Å²) in [6, 6.07) is 10.2. The average Bonchev–Trinajstić information content (AvgIpc) is 3.33. The molecule has 3 aromatic rings. The molecular formula is C27H29F3N4O2. The number of nitrogens with zero attached hydrogens (tertiary/aromatic N) is 3. The Morgan fingerprint density at radius 2 is 1.81 bits per heavy atom. The van der Waals surface area contributed by atoms with Gasteiger partial charge in [-0.15, -0.1) is 0 Å². The highest BCUT2D eigenvalue weighted by Gasteiger charge is 2.34. The van der Waals surface area contributed by atoms with E-state index in [1.165, 1.54) is 0 Å². The fraction of sp³-hybridized carbons (Fsp3) is 0.407. The number of imidazole rings is 1. The third-order valence-corrected chi connectivity index (χ3v) is 7.25. The highest BCUT2D eigenvalue weighted by molar-refractivity contribution is 5.98. The Kier molecular flexibility index (Phi) is 7.11. The van der Waals surface area contributed by atoms with Crippen molar-refractivity contribution in [3.05, 3.63) is 77.5 Å². The van der Waals surface area contributed by atoms with E-state index in [1.54, 1.807) is 11.2 Å². The van der Waals surface area contributed by atoms with Gasteiger partial charge in [-0.25, -0.2) is 18.2 Å². The lowest BCUT2D eigenvalue weighted by Crippen LogP contribution is -2.54. The Hall–Kier alpha value is -3.17. The molecule has 2 aliphatic rings. The minimum Gasteiger partial charge on any atom is -0.391 e. The second-order valence-electron chi connectivity index (χ2n) is 9.55. The van der Waals surface area contributed by atoms with Crippen LogP contribution in [0.5, 0.6) is 0 Å². The lowest BCUT2D eigenvalue weighted by Gasteiger charge is -2.36. The van der Waals surface area contributed by atoms with Crippen molar-refractivity contribution >= 4 is 5.91 Å². The first-order chi connectivity index (χ1) is 17.4. The van der Waals surface area contributed by atoms with Gasteiger partial charge in [-0.2, -0.15) is 0 Å². The molecule has 9 heteroatoms. The van der Waals surface area contributed by atoms with Gasteiger partial charge in [-0.3, -0.25) is 4.79 Å². The molecule has 5 rings (SSSR count). The van der Waals surface area contributed by atoms with Crippen LogP contribution in [0, 0.1) is 17.5 Å². The van der Waals surface area contributed by atoms with Crippen LogP contribution in [0.2, 0.25) is 0 Å². The van der Waals surface area contributed by atoms with Gasteiger partial charge in [0.15, 0.2) is 17.3 Å². The molecule has 36 heavy (non-hydrogen) atoms. The van der Waals surface area contributed by atoms with Crippen molar-refractivity contribution in [3.8, 4) is 11.3 Å². The first-order valence-corrected chi connectivity index (χ1v) is 12.4. The number of amides is 1. The predicted molar refractivity (Wildman–Crippen MR) is 129 cm³/mol. The number of aromatic nitrogens is 2. The molecule has 1 aromatic heterocycles. The lowest BCUT2D eigenvalue weighted by molar-refractivity contribution is 0.0627. The van der Waals surface area contributed by atoms with Gasteiger partial charge in [0.1, 0.15) is 5.82 Å². The summed E-state index contributed by atoms with van der Waals surface area (Å²) in [5.74, 6) is -3.52. The van der Waals surface area contributed by atoms with Crippen LogP contribution in [-0.2, 0) is 6.42 Å². The number of aliphatic hydroxyl groups excluding tert-OH is 1. The van der Waals surface area contributed by atoms with E-state index in [4.69, 9.17) is 0 Å². The van der Waals surface area contributed by atoms with Gasteiger partial charge in [0.2, 0.25) is 0 Å². The van der Waals surface area contributed by atoms with Gasteiger partial charge in [0.05, 0.1) is 24.2 Å². The zero-order chi connectivity index (χ0) is 25.2. The highest BCUT2D eigenvalue weighted by Crippen LogP contribution is 2.35. The van der Waals surface area contributed by atoms with E-state index in [9.17, 15) is 23.1 Å². The summed E-state index contributed by atoms with van der Waals surface area (Å²) in [6.45, 7) is 1.29. The van der Waals surface area contributed by atoms with Crippen molar-refractivity contribution in [1.29, 1.82) is 0 Å². The van der Waals surface area contributed by atoms with Crippen molar-refractivity contribution in [2.75, 3.05) is 19.6 Å². The molecular weight excluding hydrogens is 469 g/mol. The van der Waals surface area contributed by atoms with Gasteiger partial charge >= 0.3 is 0 Å². The Morgan fingerprint density at radius 3 is 2.58 bits per heavy atom. The maximum Gasteiger partial charge on any atom is 0.275 e. The summed E-state index contributed by atoms with van der Waals surface area (Å²) in [5, 5.41) is 13.9. The summed E-state index contributed by atoms with van der Waals surface area (Å²) >= 11 is 0. The molecule has 0 radical (unpaired) electrons. The van der Waals surface area contributed by atoms with Crippen LogP contribution in [0.15, 0.2) is 48.8 Å². The molecule has 1 aliphatic heterocycles. The third kappa shape index (κ3) is 4.77. The maximum atomic E-state index is 14.4. The van der Waals surface area contributed by atoms with Crippen LogP contribution in [-0.4, -0.2) is 57.2 Å². The van der Waals surface area contributed by atoms with Crippen LogP contribution in [0.3, 0.4) is 0 Å². The monoisotopic (exact) mass is 498 g/mol. The number of benzene rings is 2. The van der Waals surface area contributed by atoms with Gasteiger partial charge in [0, 0.05) is 37.3 Å². The minimum absolute atomic E-state index is 0.0135. The molecule has 1 aliphatic carbocycles. The van der Waals surface area contributed by atoms with Crippen molar-refractivity contribution in [1.82, 2.24) is 19.8 Å². The van der Waals surface area contributed by atoms with Gasteiger partial charge in [-0.05, 0) is 30.9 Å². The topological polar surface area (TPSA) is 70.4 Å². The van der Waals surface area contributed by atoms with Crippen LogP contribution in [0.4, 0.5) is 13.2 Å². The van der Waals surface area contributed by atoms with Crippen LogP contribution in [0.1, 0.15) is 47.8 Å². The number of nitrogens with one attached hydrogen (secondary N) is 1. The van der Waals surface area contributed by atoms with Gasteiger partial charge in [-0.1, -0.05) is 43.2 Å². The summed E-state index contributed by atoms with van der Waals surface area (Å²) in [6.07, 6.45) is 4.56. The smallest absolute Gasteiger partial charge is 0.275 e. The lowest BCUT2D eigenvalue weighted by atomic mass is 9.92. The normalized spacial score (nSPS) is 22.6. The molecule has 3 atom stereocenters. The summed E-state index contributed by atoms with van der Waals surface area (Å²) < 4.78 is 43.6. The molecule has 2 fully saturated rings. The Balaban J connectivity index is 1.50. The number of carbonyl (C=O) groups is 1. The molecule has 0 spiro atoms. The molecule has 2 aromatic carbocycles. The van der Waals surface area contributed by atoms with Gasteiger partial charge < -0.3 is 19.9 Å². The van der Waals surface area contributed by atoms with Crippen LogP contribution in [0.25, 0.3) is 11.3 Å². The summed E-state index contributed by atoms with van der Waals surface area (Å²) in [7, 11) is 0. The zero-order valence-electron chi connectivity index (χ0n) is 19.8. The van der Waals surface area contributed by atoms with Gasteiger partial charge in [0.25, 0.3) is 5.91 Å². The fourth-order valence-electron chi connectivity index (χ4n) is 5.39. The van der Waals surface area contributed by atoms with Crippen molar-refractivity contribution in [2.24, 2.45) is 0 Å². The number of hydrogen-bond acceptors (Lipinski definition) is 4.